The quantitative estimate of drug-likeness (QED) is 0.328. The molecule has 0 heterocycles. The second kappa shape index (κ2) is 10.5. The highest BCUT2D eigenvalue weighted by Crippen LogP contribution is 2.25. The van der Waals surface area contributed by atoms with Crippen LogP contribution in [0, 0.1) is 6.92 Å². The molecule has 2 aromatic rings. The van der Waals surface area contributed by atoms with Crippen LogP contribution in [-0.4, -0.2) is 42.1 Å². The topological polar surface area (TPSA) is 116 Å². The van der Waals surface area contributed by atoms with E-state index in [0.717, 1.165) is 5.56 Å². The van der Waals surface area contributed by atoms with Crippen LogP contribution in [0.4, 0.5) is 5.69 Å². The third kappa shape index (κ3) is 6.59. The maximum Gasteiger partial charge on any atom is 0.240 e. The minimum Gasteiger partial charge on any atom is -0.360 e. The van der Waals surface area contributed by atoms with Crippen LogP contribution in [0.1, 0.15) is 30.5 Å². The summed E-state index contributed by atoms with van der Waals surface area (Å²) in [5, 5.41) is 6.38. The Morgan fingerprint density at radius 2 is 1.38 bits per heavy atom. The predicted octanol–water partition coefficient (Wildman–Crippen LogP) is 2.68. The molecule has 0 bridgehead atoms. The summed E-state index contributed by atoms with van der Waals surface area (Å²) in [5.41, 5.74) is 2.11. The molecule has 32 heavy (non-hydrogen) atoms. The van der Waals surface area contributed by atoms with Gasteiger partial charge in [-0.3, -0.25) is 0 Å². The van der Waals surface area contributed by atoms with Crippen LogP contribution in [-0.2, 0) is 20.0 Å². The Morgan fingerprint density at radius 1 is 0.875 bits per heavy atom. The molecule has 0 radical (unpaired) electrons. The molecule has 0 aliphatic heterocycles. The summed E-state index contributed by atoms with van der Waals surface area (Å²) in [6.45, 7) is 5.67. The lowest BCUT2D eigenvalue weighted by Crippen LogP contribution is -2.34. The minimum absolute atomic E-state index is 0.0266. The van der Waals surface area contributed by atoms with Gasteiger partial charge in [0, 0.05) is 11.7 Å². The van der Waals surface area contributed by atoms with Crippen molar-refractivity contribution in [2.24, 2.45) is 0 Å². The van der Waals surface area contributed by atoms with Crippen molar-refractivity contribution in [2.75, 3.05) is 19.4 Å². The number of aryl methyl sites for hydroxylation is 1. The van der Waals surface area contributed by atoms with Gasteiger partial charge in [-0.25, -0.2) is 26.3 Å². The van der Waals surface area contributed by atoms with E-state index in [1.54, 1.807) is 49.4 Å². The van der Waals surface area contributed by atoms with Gasteiger partial charge in [0.05, 0.1) is 9.79 Å². The van der Waals surface area contributed by atoms with Crippen molar-refractivity contribution in [1.29, 1.82) is 0 Å². The molecule has 174 valence electrons. The van der Waals surface area contributed by atoms with Crippen LogP contribution in [0.25, 0.3) is 12.2 Å². The Balaban J connectivity index is 2.53. The Bertz CT molecular complexity index is 1240. The van der Waals surface area contributed by atoms with Crippen molar-refractivity contribution < 1.29 is 16.8 Å². The van der Waals surface area contributed by atoms with Crippen LogP contribution in [0.3, 0.4) is 0 Å². The van der Waals surface area contributed by atoms with Crippen molar-refractivity contribution in [3.63, 3.8) is 0 Å². The first-order valence-corrected chi connectivity index (χ1v) is 13.1. The molecule has 0 aliphatic rings. The van der Waals surface area contributed by atoms with E-state index in [1.165, 1.54) is 20.2 Å². The minimum atomic E-state index is -3.80. The van der Waals surface area contributed by atoms with Crippen molar-refractivity contribution >= 4 is 55.2 Å². The Kier molecular flexibility index (Phi) is 8.54. The lowest BCUT2D eigenvalue weighted by Gasteiger charge is -2.15. The van der Waals surface area contributed by atoms with E-state index < -0.39 is 20.0 Å². The number of benzene rings is 2. The monoisotopic (exact) mass is 496 g/mol. The molecule has 0 saturated heterocycles. The van der Waals surface area contributed by atoms with Gasteiger partial charge >= 0.3 is 0 Å². The highest BCUT2D eigenvalue weighted by atomic mass is 32.2. The Labute approximate surface area is 195 Å². The number of anilines is 1. The van der Waals surface area contributed by atoms with E-state index in [9.17, 15) is 16.8 Å². The summed E-state index contributed by atoms with van der Waals surface area (Å²) in [7, 11) is -4.83. The summed E-state index contributed by atoms with van der Waals surface area (Å²) in [6.07, 6.45) is 3.14. The van der Waals surface area contributed by atoms with Crippen LogP contribution < -0.4 is 20.1 Å². The molecule has 2 aromatic carbocycles. The molecule has 0 spiro atoms. The summed E-state index contributed by atoms with van der Waals surface area (Å²) < 4.78 is 54.7. The molecule has 4 N–H and O–H groups in total. The summed E-state index contributed by atoms with van der Waals surface area (Å²) in [5.74, 6) is 0. The first kappa shape index (κ1) is 25.9. The lowest BCUT2D eigenvalue weighted by atomic mass is 10.1. The fraction of sp³-hybridized carbons (Fsp3) is 0.286. The molecule has 0 aromatic heterocycles. The number of rotatable bonds is 8. The van der Waals surface area contributed by atoms with Crippen molar-refractivity contribution in [3.8, 4) is 0 Å². The first-order valence-electron chi connectivity index (χ1n) is 9.77. The first-order chi connectivity index (χ1) is 14.9. The average molecular weight is 497 g/mol. The summed E-state index contributed by atoms with van der Waals surface area (Å²) in [4.78, 5) is 0.136. The van der Waals surface area contributed by atoms with Gasteiger partial charge in [0.15, 0.2) is 5.11 Å². The van der Waals surface area contributed by atoms with Gasteiger partial charge in [0.25, 0.3) is 0 Å². The van der Waals surface area contributed by atoms with Crippen molar-refractivity contribution in [3.05, 3.63) is 53.1 Å². The van der Waals surface area contributed by atoms with Gasteiger partial charge in [-0.1, -0.05) is 30.4 Å². The highest BCUT2D eigenvalue weighted by molar-refractivity contribution is 7.89. The SMILES string of the molecule is CNS(=O)(=O)c1cc(C)ccc1/C=C/c1ccc(NC(=S)NC(C)C)cc1S(=O)(=O)NC. The number of nitrogens with one attached hydrogen (secondary N) is 4. The molecule has 11 heteroatoms. The largest absolute Gasteiger partial charge is 0.360 e. The molecule has 0 unspecified atom stereocenters. The molecule has 0 aliphatic carbocycles. The van der Waals surface area contributed by atoms with Crippen molar-refractivity contribution in [2.45, 2.75) is 36.6 Å². The number of sulfonamides is 2. The fourth-order valence-electron chi connectivity index (χ4n) is 2.82. The number of thiocarbonyl (C=S) groups is 1. The molecule has 2 rings (SSSR count). The van der Waals surface area contributed by atoms with E-state index in [1.807, 2.05) is 13.8 Å². The van der Waals surface area contributed by atoms with E-state index in [-0.39, 0.29) is 15.8 Å². The van der Waals surface area contributed by atoms with Crippen LogP contribution in [0.5, 0.6) is 0 Å². The fourth-order valence-corrected chi connectivity index (χ4v) is 5.13. The Morgan fingerprint density at radius 3 is 1.88 bits per heavy atom. The van der Waals surface area contributed by atoms with Crippen LogP contribution >= 0.6 is 12.2 Å². The second-order valence-corrected chi connectivity index (χ2v) is 11.4. The average Bonchev–Trinajstić information content (AvgIpc) is 2.72. The molecule has 0 atom stereocenters. The zero-order valence-corrected chi connectivity index (χ0v) is 21.0. The van der Waals surface area contributed by atoms with Gasteiger partial charge in [-0.2, -0.15) is 0 Å². The zero-order chi connectivity index (χ0) is 24.1. The Hall–Kier alpha value is -2.31. The lowest BCUT2D eigenvalue weighted by molar-refractivity contribution is 0.586. The van der Waals surface area contributed by atoms with Gasteiger partial charge in [0.1, 0.15) is 0 Å². The number of hydrogen-bond donors (Lipinski definition) is 4. The van der Waals surface area contributed by atoms with Gasteiger partial charge in [0.2, 0.25) is 20.0 Å². The van der Waals surface area contributed by atoms with Gasteiger partial charge in [-0.05, 0) is 82.0 Å². The molecular formula is C21H28N4O4S3. The second-order valence-electron chi connectivity index (χ2n) is 7.30. The van der Waals surface area contributed by atoms with Crippen LogP contribution in [0.2, 0.25) is 0 Å². The smallest absolute Gasteiger partial charge is 0.240 e. The van der Waals surface area contributed by atoms with Gasteiger partial charge in [-0.15, -0.1) is 0 Å². The number of hydrogen-bond acceptors (Lipinski definition) is 5. The summed E-state index contributed by atoms with van der Waals surface area (Å²) >= 11 is 5.23. The molecule has 0 saturated carbocycles. The summed E-state index contributed by atoms with van der Waals surface area (Å²) in [6, 6.07) is 9.94. The predicted molar refractivity (Wildman–Crippen MR) is 134 cm³/mol. The zero-order valence-electron chi connectivity index (χ0n) is 18.6. The van der Waals surface area contributed by atoms with Gasteiger partial charge < -0.3 is 10.6 Å². The van der Waals surface area contributed by atoms with Crippen molar-refractivity contribution in [1.82, 2.24) is 14.8 Å². The standard InChI is InChI=1S/C21H28N4O4S3/c1-14(2)24-21(30)25-18-11-10-17(20(13-18)32(28,29)23-5)9-8-16-7-6-15(3)12-19(16)31(26,27)22-4/h6-14,22-23H,1-5H3,(H2,24,25,30)/b9-8+. The molecular weight excluding hydrogens is 468 g/mol. The molecule has 8 nitrogen and oxygen atoms in total. The van der Waals surface area contributed by atoms with Crippen LogP contribution in [0.15, 0.2) is 46.2 Å². The highest BCUT2D eigenvalue weighted by Gasteiger charge is 2.18. The van der Waals surface area contributed by atoms with E-state index >= 15 is 0 Å². The van der Waals surface area contributed by atoms with E-state index in [0.29, 0.717) is 21.9 Å². The third-order valence-corrected chi connectivity index (χ3v) is 7.58. The maximum atomic E-state index is 12.6. The van der Waals surface area contributed by atoms with E-state index in [4.69, 9.17) is 12.2 Å². The normalized spacial score (nSPS) is 12.3. The van der Waals surface area contributed by atoms with E-state index in [2.05, 4.69) is 20.1 Å². The molecule has 0 amide bonds. The third-order valence-electron chi connectivity index (χ3n) is 4.42. The maximum absolute atomic E-state index is 12.6. The molecule has 0 fully saturated rings.